The van der Waals surface area contributed by atoms with E-state index >= 15 is 0 Å². The molecule has 0 aliphatic heterocycles. The number of carbonyl (C=O) groups is 2. The van der Waals surface area contributed by atoms with Crippen LogP contribution < -0.4 is 10.6 Å². The maximum Gasteiger partial charge on any atom is 0.245 e. The largest absolute Gasteiger partial charge is 0.342 e. The SMILES string of the molecule is CN[C@H](C(=O)N[C@H](C(=O)N(C)[C@H](/C=C(\C)CN=[N+]=[N-])C(C)C)C(C)(C)C)C(C)(C)c1ccccc1. The Kier molecular flexibility index (Phi) is 11.0. The normalized spacial score (nSPS) is 15.1. The van der Waals surface area contributed by atoms with E-state index < -0.39 is 22.9 Å². The number of nitrogens with one attached hydrogen (secondary N) is 2. The molecule has 0 unspecified atom stereocenters. The third kappa shape index (κ3) is 8.11. The Bertz CT molecular complexity index is 927. The monoisotopic (exact) mass is 484 g/mol. The van der Waals surface area contributed by atoms with E-state index in [4.69, 9.17) is 5.53 Å². The summed E-state index contributed by atoms with van der Waals surface area (Å²) in [5.74, 6) is -0.257. The average molecular weight is 485 g/mol. The van der Waals surface area contributed by atoms with Crippen molar-refractivity contribution in [3.8, 4) is 0 Å². The first-order valence-corrected chi connectivity index (χ1v) is 12.2. The lowest BCUT2D eigenvalue weighted by Gasteiger charge is -2.40. The van der Waals surface area contributed by atoms with Gasteiger partial charge in [-0.3, -0.25) is 9.59 Å². The number of nitrogens with zero attached hydrogens (tertiary/aromatic N) is 4. The van der Waals surface area contributed by atoms with E-state index in [0.717, 1.165) is 11.1 Å². The fourth-order valence-corrected chi connectivity index (χ4v) is 4.32. The fourth-order valence-electron chi connectivity index (χ4n) is 4.32. The Hall–Kier alpha value is -2.83. The van der Waals surface area contributed by atoms with Crippen LogP contribution in [0.5, 0.6) is 0 Å². The molecule has 8 nitrogen and oxygen atoms in total. The number of benzene rings is 1. The zero-order valence-corrected chi connectivity index (χ0v) is 23.1. The highest BCUT2D eigenvalue weighted by Crippen LogP contribution is 2.29. The van der Waals surface area contributed by atoms with E-state index in [2.05, 4.69) is 20.7 Å². The molecule has 3 atom stereocenters. The third-order valence-electron chi connectivity index (χ3n) is 6.51. The van der Waals surface area contributed by atoms with Crippen LogP contribution in [0.2, 0.25) is 0 Å². The van der Waals surface area contributed by atoms with Crippen LogP contribution in [-0.4, -0.2) is 55.5 Å². The van der Waals surface area contributed by atoms with Crippen LogP contribution in [0.4, 0.5) is 0 Å². The van der Waals surface area contributed by atoms with Crippen molar-refractivity contribution in [2.24, 2.45) is 16.4 Å². The van der Waals surface area contributed by atoms with Gasteiger partial charge in [0.25, 0.3) is 0 Å². The molecule has 0 aromatic heterocycles. The van der Waals surface area contributed by atoms with E-state index in [0.29, 0.717) is 0 Å². The Morgan fingerprint density at radius 1 is 1.11 bits per heavy atom. The number of hydrogen-bond donors (Lipinski definition) is 2. The fraction of sp³-hybridized carbons (Fsp3) is 0.630. The van der Waals surface area contributed by atoms with E-state index in [-0.39, 0.29) is 30.3 Å². The molecule has 1 rings (SSSR count). The van der Waals surface area contributed by atoms with Crippen LogP contribution >= 0.6 is 0 Å². The van der Waals surface area contributed by atoms with E-state index in [1.54, 1.807) is 19.0 Å². The summed E-state index contributed by atoms with van der Waals surface area (Å²) in [4.78, 5) is 31.9. The minimum Gasteiger partial charge on any atom is -0.342 e. The Balaban J connectivity index is 3.26. The first-order chi connectivity index (χ1) is 16.2. The molecule has 0 bridgehead atoms. The number of azide groups is 1. The zero-order valence-electron chi connectivity index (χ0n) is 23.1. The van der Waals surface area contributed by atoms with Crippen molar-refractivity contribution in [3.05, 3.63) is 58.0 Å². The molecule has 1 aromatic carbocycles. The van der Waals surface area contributed by atoms with Gasteiger partial charge in [0.1, 0.15) is 6.04 Å². The summed E-state index contributed by atoms with van der Waals surface area (Å²) in [6, 6.07) is 8.41. The summed E-state index contributed by atoms with van der Waals surface area (Å²) in [5, 5.41) is 9.86. The molecule has 0 radical (unpaired) electrons. The van der Waals surface area contributed by atoms with Crippen LogP contribution in [0.15, 0.2) is 47.1 Å². The second kappa shape index (κ2) is 12.8. The molecule has 0 heterocycles. The van der Waals surface area contributed by atoms with Crippen molar-refractivity contribution in [1.29, 1.82) is 0 Å². The molecule has 0 aliphatic rings. The highest BCUT2D eigenvalue weighted by molar-refractivity contribution is 5.91. The Morgan fingerprint density at radius 2 is 1.69 bits per heavy atom. The van der Waals surface area contributed by atoms with Gasteiger partial charge < -0.3 is 15.5 Å². The summed E-state index contributed by atoms with van der Waals surface area (Å²) in [5.41, 5.74) is 9.52. The first kappa shape index (κ1) is 30.2. The molecular formula is C27H44N6O2. The number of amides is 2. The zero-order chi connectivity index (χ0) is 27.0. The van der Waals surface area contributed by atoms with Crippen LogP contribution in [0, 0.1) is 11.3 Å². The van der Waals surface area contributed by atoms with Gasteiger partial charge in [-0.25, -0.2) is 0 Å². The summed E-state index contributed by atoms with van der Waals surface area (Å²) >= 11 is 0. The number of carbonyl (C=O) groups excluding carboxylic acids is 2. The lowest BCUT2D eigenvalue weighted by atomic mass is 9.76. The van der Waals surface area contributed by atoms with E-state index in [9.17, 15) is 9.59 Å². The van der Waals surface area contributed by atoms with Crippen LogP contribution in [-0.2, 0) is 15.0 Å². The predicted molar refractivity (Wildman–Crippen MR) is 143 cm³/mol. The lowest BCUT2D eigenvalue weighted by molar-refractivity contribution is -0.140. The number of rotatable bonds is 11. The van der Waals surface area contributed by atoms with Gasteiger partial charge in [-0.1, -0.05) is 95.6 Å². The third-order valence-corrected chi connectivity index (χ3v) is 6.51. The molecule has 1 aromatic rings. The van der Waals surface area contributed by atoms with Gasteiger partial charge >= 0.3 is 0 Å². The van der Waals surface area contributed by atoms with Crippen molar-refractivity contribution in [2.45, 2.75) is 78.9 Å². The van der Waals surface area contributed by atoms with E-state index in [1.807, 2.05) is 91.8 Å². The van der Waals surface area contributed by atoms with Crippen molar-refractivity contribution >= 4 is 11.8 Å². The van der Waals surface area contributed by atoms with Crippen molar-refractivity contribution in [2.75, 3.05) is 20.6 Å². The maximum atomic E-state index is 13.8. The highest BCUT2D eigenvalue weighted by Gasteiger charge is 2.41. The molecule has 2 N–H and O–H groups in total. The van der Waals surface area contributed by atoms with Crippen LogP contribution in [0.3, 0.4) is 0 Å². The number of likely N-dealkylation sites (N-methyl/N-ethyl adjacent to an activating group) is 2. The molecule has 35 heavy (non-hydrogen) atoms. The van der Waals surface area contributed by atoms with Gasteiger partial charge in [0, 0.05) is 23.9 Å². The van der Waals surface area contributed by atoms with Crippen molar-refractivity contribution < 1.29 is 9.59 Å². The van der Waals surface area contributed by atoms with Gasteiger partial charge in [0.15, 0.2) is 0 Å². The summed E-state index contributed by atoms with van der Waals surface area (Å²) in [6.07, 6.45) is 1.97. The molecular weight excluding hydrogens is 440 g/mol. The minimum atomic E-state index is -0.727. The number of hydrogen-bond acceptors (Lipinski definition) is 4. The highest BCUT2D eigenvalue weighted by atomic mass is 16.2. The average Bonchev–Trinajstić information content (AvgIpc) is 2.78. The molecule has 0 saturated carbocycles. The first-order valence-electron chi connectivity index (χ1n) is 12.2. The smallest absolute Gasteiger partial charge is 0.245 e. The quantitative estimate of drug-likeness (QED) is 0.203. The second-order valence-electron chi connectivity index (χ2n) is 11.2. The van der Waals surface area contributed by atoms with Gasteiger partial charge in [-0.05, 0) is 36.4 Å². The molecule has 0 fully saturated rings. The van der Waals surface area contributed by atoms with Crippen molar-refractivity contribution in [3.63, 3.8) is 0 Å². The summed E-state index contributed by atoms with van der Waals surface area (Å²) in [6.45, 7) is 16.1. The molecule has 8 heteroatoms. The minimum absolute atomic E-state index is 0.128. The topological polar surface area (TPSA) is 110 Å². The second-order valence-corrected chi connectivity index (χ2v) is 11.2. The van der Waals surface area contributed by atoms with Crippen molar-refractivity contribution in [1.82, 2.24) is 15.5 Å². The predicted octanol–water partition coefficient (Wildman–Crippen LogP) is 4.82. The molecule has 2 amide bonds. The molecule has 0 saturated heterocycles. The van der Waals surface area contributed by atoms with Crippen LogP contribution in [0.25, 0.3) is 10.4 Å². The Labute approximate surface area is 211 Å². The lowest BCUT2D eigenvalue weighted by Crippen LogP contribution is -2.61. The van der Waals surface area contributed by atoms with Gasteiger partial charge in [0.05, 0.1) is 12.1 Å². The van der Waals surface area contributed by atoms with Gasteiger partial charge in [-0.2, -0.15) is 0 Å². The molecule has 194 valence electrons. The molecule has 0 spiro atoms. The van der Waals surface area contributed by atoms with Gasteiger partial charge in [0.2, 0.25) is 11.8 Å². The summed E-state index contributed by atoms with van der Waals surface area (Å²) < 4.78 is 0. The molecule has 0 aliphatic carbocycles. The van der Waals surface area contributed by atoms with Gasteiger partial charge in [-0.15, -0.1) is 0 Å². The standard InChI is InChI=1S/C27H44N6O2/c1-18(2)21(16-19(3)17-30-32-28)33(10)25(35)23(26(4,5)6)31-24(34)22(29-9)27(7,8)20-14-12-11-13-15-20/h11-16,18,21-23,29H,17H2,1-10H3,(H,31,34)/b19-16+/t21-,22-,23-/m1/s1. The Morgan fingerprint density at radius 3 is 2.14 bits per heavy atom. The maximum absolute atomic E-state index is 13.8. The van der Waals surface area contributed by atoms with E-state index in [1.165, 1.54) is 0 Å². The summed E-state index contributed by atoms with van der Waals surface area (Å²) in [7, 11) is 3.53. The van der Waals surface area contributed by atoms with Crippen LogP contribution in [0.1, 0.15) is 61.0 Å².